The summed E-state index contributed by atoms with van der Waals surface area (Å²) in [6, 6.07) is 8.86. The quantitative estimate of drug-likeness (QED) is 0.637. The molecule has 2 heteroatoms. The van der Waals surface area contributed by atoms with Crippen molar-refractivity contribution in [3.8, 4) is 0 Å². The second-order valence-electron chi connectivity index (χ2n) is 6.60. The largest absolute Gasteiger partial charge is 0.336 e. The van der Waals surface area contributed by atoms with Crippen LogP contribution in [0.25, 0.3) is 16.5 Å². The molecular formula is C21H24N2. The molecule has 0 aliphatic carbocycles. The van der Waals surface area contributed by atoms with E-state index >= 15 is 0 Å². The molecule has 0 saturated heterocycles. The monoisotopic (exact) mass is 304 g/mol. The van der Waals surface area contributed by atoms with E-state index in [0.29, 0.717) is 0 Å². The molecule has 0 spiro atoms. The van der Waals surface area contributed by atoms with E-state index in [0.717, 1.165) is 17.8 Å². The summed E-state index contributed by atoms with van der Waals surface area (Å²) in [6.45, 7) is 15.7. The SMILES string of the molecule is C=C(C)c1cc2c(C)nccc2n1Cc1c(C)cc(C)cc1C. The maximum absolute atomic E-state index is 4.43. The van der Waals surface area contributed by atoms with E-state index in [1.807, 2.05) is 6.20 Å². The minimum atomic E-state index is 0.868. The van der Waals surface area contributed by atoms with Gasteiger partial charge in [0.05, 0.1) is 5.52 Å². The molecule has 118 valence electrons. The fraction of sp³-hybridized carbons (Fsp3) is 0.286. The molecule has 23 heavy (non-hydrogen) atoms. The average molecular weight is 304 g/mol. The Kier molecular flexibility index (Phi) is 3.85. The lowest BCUT2D eigenvalue weighted by Crippen LogP contribution is -2.06. The Labute approximate surface area is 138 Å². The topological polar surface area (TPSA) is 17.8 Å². The van der Waals surface area contributed by atoms with Crippen LogP contribution >= 0.6 is 0 Å². The second-order valence-corrected chi connectivity index (χ2v) is 6.60. The third-order valence-electron chi connectivity index (χ3n) is 4.62. The molecule has 0 saturated carbocycles. The van der Waals surface area contributed by atoms with Crippen LogP contribution in [0.5, 0.6) is 0 Å². The average Bonchev–Trinajstić information content (AvgIpc) is 2.83. The molecule has 1 aromatic carbocycles. The van der Waals surface area contributed by atoms with Gasteiger partial charge in [0.1, 0.15) is 0 Å². The second kappa shape index (κ2) is 5.69. The first-order chi connectivity index (χ1) is 10.9. The van der Waals surface area contributed by atoms with Crippen molar-refractivity contribution < 1.29 is 0 Å². The summed E-state index contributed by atoms with van der Waals surface area (Å²) in [6.07, 6.45) is 1.89. The summed E-state index contributed by atoms with van der Waals surface area (Å²) in [4.78, 5) is 4.43. The first-order valence-electron chi connectivity index (χ1n) is 8.06. The minimum absolute atomic E-state index is 0.868. The van der Waals surface area contributed by atoms with Gasteiger partial charge in [-0.25, -0.2) is 0 Å². The summed E-state index contributed by atoms with van der Waals surface area (Å²) in [5.41, 5.74) is 9.99. The van der Waals surface area contributed by atoms with Gasteiger partial charge >= 0.3 is 0 Å². The van der Waals surface area contributed by atoms with Crippen LogP contribution in [0.1, 0.15) is 40.6 Å². The van der Waals surface area contributed by atoms with Crippen molar-refractivity contribution in [2.45, 2.75) is 41.2 Å². The lowest BCUT2D eigenvalue weighted by molar-refractivity contribution is 0.810. The molecule has 0 radical (unpaired) electrons. The Balaban J connectivity index is 2.22. The maximum atomic E-state index is 4.43. The normalized spacial score (nSPS) is 11.2. The van der Waals surface area contributed by atoms with Crippen LogP contribution in [-0.2, 0) is 6.54 Å². The highest BCUT2D eigenvalue weighted by atomic mass is 15.0. The summed E-state index contributed by atoms with van der Waals surface area (Å²) in [5, 5.41) is 1.22. The molecule has 3 rings (SSSR count). The molecule has 0 atom stereocenters. The van der Waals surface area contributed by atoms with Crippen LogP contribution in [-0.4, -0.2) is 9.55 Å². The zero-order valence-electron chi connectivity index (χ0n) is 14.7. The van der Waals surface area contributed by atoms with Crippen molar-refractivity contribution >= 4 is 16.5 Å². The van der Waals surface area contributed by atoms with Crippen molar-refractivity contribution in [3.05, 3.63) is 70.7 Å². The van der Waals surface area contributed by atoms with Gasteiger partial charge in [0.25, 0.3) is 0 Å². The highest BCUT2D eigenvalue weighted by molar-refractivity contribution is 5.87. The van der Waals surface area contributed by atoms with E-state index in [-0.39, 0.29) is 0 Å². The first-order valence-corrected chi connectivity index (χ1v) is 8.06. The van der Waals surface area contributed by atoms with Gasteiger partial charge < -0.3 is 4.57 Å². The molecule has 0 N–H and O–H groups in total. The highest BCUT2D eigenvalue weighted by Gasteiger charge is 2.14. The first kappa shape index (κ1) is 15.5. The van der Waals surface area contributed by atoms with Gasteiger partial charge in [-0.2, -0.15) is 0 Å². The Morgan fingerprint density at radius 3 is 2.35 bits per heavy atom. The number of rotatable bonds is 3. The molecule has 0 unspecified atom stereocenters. The van der Waals surface area contributed by atoms with Crippen LogP contribution in [0.15, 0.2) is 37.0 Å². The van der Waals surface area contributed by atoms with Crippen LogP contribution in [0, 0.1) is 27.7 Å². The third-order valence-corrected chi connectivity index (χ3v) is 4.62. The van der Waals surface area contributed by atoms with E-state index in [1.54, 1.807) is 0 Å². The Bertz CT molecular complexity index is 890. The highest BCUT2D eigenvalue weighted by Crippen LogP contribution is 2.28. The van der Waals surface area contributed by atoms with Crippen molar-refractivity contribution in [1.29, 1.82) is 0 Å². The molecule has 3 aromatic rings. The number of nitrogens with zero attached hydrogens (tertiary/aromatic N) is 2. The van der Waals surface area contributed by atoms with E-state index in [4.69, 9.17) is 0 Å². The summed E-state index contributed by atoms with van der Waals surface area (Å²) < 4.78 is 2.37. The molecule has 0 aliphatic rings. The molecule has 0 amide bonds. The number of hydrogen-bond donors (Lipinski definition) is 0. The predicted octanol–water partition coefficient (Wildman–Crippen LogP) is 5.35. The number of benzene rings is 1. The van der Waals surface area contributed by atoms with Gasteiger partial charge in [-0.05, 0) is 69.0 Å². The number of pyridine rings is 1. The smallest absolute Gasteiger partial charge is 0.0522 e. The fourth-order valence-corrected chi connectivity index (χ4v) is 3.46. The fourth-order valence-electron chi connectivity index (χ4n) is 3.46. The Morgan fingerprint density at radius 2 is 1.74 bits per heavy atom. The van der Waals surface area contributed by atoms with Gasteiger partial charge in [-0.3, -0.25) is 4.98 Å². The zero-order valence-corrected chi connectivity index (χ0v) is 14.7. The van der Waals surface area contributed by atoms with Crippen molar-refractivity contribution in [1.82, 2.24) is 9.55 Å². The van der Waals surface area contributed by atoms with E-state index in [2.05, 4.69) is 75.0 Å². The van der Waals surface area contributed by atoms with Gasteiger partial charge in [-0.1, -0.05) is 24.3 Å². The van der Waals surface area contributed by atoms with Crippen LogP contribution in [0.2, 0.25) is 0 Å². The van der Waals surface area contributed by atoms with E-state index < -0.39 is 0 Å². The van der Waals surface area contributed by atoms with Crippen LogP contribution in [0.3, 0.4) is 0 Å². The lowest BCUT2D eigenvalue weighted by atomic mass is 9.99. The predicted molar refractivity (Wildman–Crippen MR) is 98.9 cm³/mol. The zero-order chi connectivity index (χ0) is 16.7. The maximum Gasteiger partial charge on any atom is 0.0522 e. The molecule has 0 fully saturated rings. The summed E-state index contributed by atoms with van der Waals surface area (Å²) in [7, 11) is 0. The number of aryl methyl sites for hydroxylation is 4. The number of allylic oxidation sites excluding steroid dienone is 1. The standard InChI is InChI=1S/C21H24N2/c1-13(2)21-11-18-17(6)22-8-7-20(18)23(21)12-19-15(4)9-14(3)10-16(19)5/h7-11H,1,12H2,2-6H3. The number of hydrogen-bond acceptors (Lipinski definition) is 1. The van der Waals surface area contributed by atoms with Gasteiger partial charge in [0.2, 0.25) is 0 Å². The van der Waals surface area contributed by atoms with Gasteiger partial charge in [0.15, 0.2) is 0 Å². The molecule has 2 nitrogen and oxygen atoms in total. The van der Waals surface area contributed by atoms with Crippen molar-refractivity contribution in [2.24, 2.45) is 0 Å². The molecule has 0 aliphatic heterocycles. The van der Waals surface area contributed by atoms with Crippen LogP contribution < -0.4 is 0 Å². The van der Waals surface area contributed by atoms with E-state index in [9.17, 15) is 0 Å². The summed E-state index contributed by atoms with van der Waals surface area (Å²) >= 11 is 0. The molecule has 0 bridgehead atoms. The molecule has 2 aromatic heterocycles. The van der Waals surface area contributed by atoms with Crippen LogP contribution in [0.4, 0.5) is 0 Å². The lowest BCUT2D eigenvalue weighted by Gasteiger charge is -2.16. The van der Waals surface area contributed by atoms with Crippen molar-refractivity contribution in [3.63, 3.8) is 0 Å². The molecule has 2 heterocycles. The third kappa shape index (κ3) is 2.70. The minimum Gasteiger partial charge on any atom is -0.336 e. The summed E-state index contributed by atoms with van der Waals surface area (Å²) in [5.74, 6) is 0. The number of aromatic nitrogens is 2. The number of fused-ring (bicyclic) bond motifs is 1. The Hall–Kier alpha value is -2.35. The van der Waals surface area contributed by atoms with E-state index in [1.165, 1.54) is 38.9 Å². The van der Waals surface area contributed by atoms with Gasteiger partial charge in [-0.15, -0.1) is 0 Å². The van der Waals surface area contributed by atoms with Crippen molar-refractivity contribution in [2.75, 3.05) is 0 Å². The molecular weight excluding hydrogens is 280 g/mol. The Morgan fingerprint density at radius 1 is 1.09 bits per heavy atom. The van der Waals surface area contributed by atoms with Gasteiger partial charge in [0, 0.05) is 29.5 Å².